The average molecular weight is 386 g/mol. The van der Waals surface area contributed by atoms with Gasteiger partial charge in [0.05, 0.1) is 0 Å². The number of hydrogen-bond acceptors (Lipinski definition) is 3. The van der Waals surface area contributed by atoms with Crippen molar-refractivity contribution in [3.63, 3.8) is 0 Å². The van der Waals surface area contributed by atoms with Crippen LogP contribution in [0.3, 0.4) is 0 Å². The van der Waals surface area contributed by atoms with E-state index >= 15 is 0 Å². The number of rotatable bonds is 6. The fourth-order valence-corrected chi connectivity index (χ4v) is 2.58. The molecule has 5 heteroatoms. The number of nitrogens with one attached hydrogen (secondary N) is 1. The van der Waals surface area contributed by atoms with Gasteiger partial charge in [-0.05, 0) is 54.7 Å². The highest BCUT2D eigenvalue weighted by molar-refractivity contribution is 6.31. The van der Waals surface area contributed by atoms with E-state index < -0.39 is 18.0 Å². The molecular formula is C22H24ClNO3. The molecule has 0 fully saturated rings. The molecule has 27 heavy (non-hydrogen) atoms. The van der Waals surface area contributed by atoms with Gasteiger partial charge in [-0.15, -0.1) is 0 Å². The van der Waals surface area contributed by atoms with Crippen molar-refractivity contribution >= 4 is 35.2 Å². The summed E-state index contributed by atoms with van der Waals surface area (Å²) >= 11 is 6.04. The van der Waals surface area contributed by atoms with Gasteiger partial charge in [-0.25, -0.2) is 4.79 Å². The lowest BCUT2D eigenvalue weighted by Crippen LogP contribution is -2.29. The van der Waals surface area contributed by atoms with Crippen LogP contribution in [0.4, 0.5) is 5.69 Å². The van der Waals surface area contributed by atoms with Gasteiger partial charge >= 0.3 is 5.97 Å². The van der Waals surface area contributed by atoms with Gasteiger partial charge in [0, 0.05) is 16.8 Å². The number of benzene rings is 2. The van der Waals surface area contributed by atoms with Crippen LogP contribution >= 0.6 is 11.6 Å². The molecule has 2 aromatic rings. The molecule has 0 bridgehead atoms. The van der Waals surface area contributed by atoms with E-state index in [2.05, 4.69) is 19.2 Å². The summed E-state index contributed by atoms with van der Waals surface area (Å²) in [6, 6.07) is 13.2. The summed E-state index contributed by atoms with van der Waals surface area (Å²) in [5.41, 5.74) is 3.48. The Bertz CT molecular complexity index is 841. The topological polar surface area (TPSA) is 55.4 Å². The molecule has 142 valence electrons. The zero-order chi connectivity index (χ0) is 20.0. The van der Waals surface area contributed by atoms with E-state index in [4.69, 9.17) is 16.3 Å². The standard InChI is InChI=1S/C22H24ClNO3/c1-14(2)18-11-8-17(9-12-18)10-13-21(25)27-16(4)22(26)24-20-7-5-6-19(23)15(20)3/h5-14,16H,1-4H3,(H,24,26). The third-order valence-corrected chi connectivity index (χ3v) is 4.61. The van der Waals surface area contributed by atoms with E-state index in [1.165, 1.54) is 18.6 Å². The number of carbonyl (C=O) groups excluding carboxylic acids is 2. The molecule has 0 aliphatic heterocycles. The molecular weight excluding hydrogens is 362 g/mol. The van der Waals surface area contributed by atoms with Crippen LogP contribution in [0, 0.1) is 6.92 Å². The maximum atomic E-state index is 12.2. The molecule has 2 rings (SSSR count). The SMILES string of the molecule is Cc1c(Cl)cccc1NC(=O)C(C)OC(=O)C=Cc1ccc(C(C)C)cc1. The summed E-state index contributed by atoms with van der Waals surface area (Å²) in [5.74, 6) is -0.535. The molecule has 0 radical (unpaired) electrons. The third kappa shape index (κ3) is 5.97. The molecule has 2 aromatic carbocycles. The summed E-state index contributed by atoms with van der Waals surface area (Å²) < 4.78 is 5.17. The maximum absolute atomic E-state index is 12.2. The number of halogens is 1. The van der Waals surface area contributed by atoms with Gasteiger partial charge in [0.1, 0.15) is 0 Å². The van der Waals surface area contributed by atoms with Gasteiger partial charge in [-0.1, -0.05) is 55.8 Å². The van der Waals surface area contributed by atoms with Gasteiger partial charge in [-0.2, -0.15) is 0 Å². The molecule has 0 aromatic heterocycles. The Labute approximate surface area is 165 Å². The highest BCUT2D eigenvalue weighted by Gasteiger charge is 2.17. The molecule has 1 atom stereocenters. The van der Waals surface area contributed by atoms with E-state index in [0.717, 1.165) is 11.1 Å². The van der Waals surface area contributed by atoms with Crippen LogP contribution in [-0.2, 0) is 14.3 Å². The lowest BCUT2D eigenvalue weighted by atomic mass is 10.0. The lowest BCUT2D eigenvalue weighted by molar-refractivity contribution is -0.148. The lowest BCUT2D eigenvalue weighted by Gasteiger charge is -2.14. The zero-order valence-corrected chi connectivity index (χ0v) is 16.7. The Morgan fingerprint density at radius 1 is 1.07 bits per heavy atom. The van der Waals surface area contributed by atoms with E-state index in [9.17, 15) is 9.59 Å². The Morgan fingerprint density at radius 2 is 1.74 bits per heavy atom. The molecule has 0 saturated carbocycles. The highest BCUT2D eigenvalue weighted by Crippen LogP contribution is 2.23. The van der Waals surface area contributed by atoms with Crippen LogP contribution in [0.15, 0.2) is 48.5 Å². The number of anilines is 1. The first-order valence-electron chi connectivity index (χ1n) is 8.82. The number of carbonyl (C=O) groups is 2. The van der Waals surface area contributed by atoms with Crippen molar-refractivity contribution in [1.29, 1.82) is 0 Å². The van der Waals surface area contributed by atoms with Crippen LogP contribution in [0.25, 0.3) is 6.08 Å². The smallest absolute Gasteiger partial charge is 0.331 e. The monoisotopic (exact) mass is 385 g/mol. The van der Waals surface area contributed by atoms with Crippen LogP contribution in [0.5, 0.6) is 0 Å². The Kier molecular flexibility index (Phi) is 7.19. The van der Waals surface area contributed by atoms with Gasteiger partial charge in [0.25, 0.3) is 5.91 Å². The van der Waals surface area contributed by atoms with Gasteiger partial charge in [-0.3, -0.25) is 4.79 Å². The van der Waals surface area contributed by atoms with Crippen molar-refractivity contribution in [3.8, 4) is 0 Å². The first kappa shape index (κ1) is 20.7. The van der Waals surface area contributed by atoms with Crippen molar-refractivity contribution in [2.45, 2.75) is 39.7 Å². The Balaban J connectivity index is 1.92. The van der Waals surface area contributed by atoms with Crippen molar-refractivity contribution in [3.05, 3.63) is 70.3 Å². The predicted molar refractivity (Wildman–Crippen MR) is 110 cm³/mol. The minimum Gasteiger partial charge on any atom is -0.449 e. The van der Waals surface area contributed by atoms with Crippen molar-refractivity contribution in [2.75, 3.05) is 5.32 Å². The fourth-order valence-electron chi connectivity index (χ4n) is 2.40. The number of esters is 1. The zero-order valence-electron chi connectivity index (χ0n) is 16.0. The Hall–Kier alpha value is -2.59. The summed E-state index contributed by atoms with van der Waals surface area (Å²) in [4.78, 5) is 24.2. The van der Waals surface area contributed by atoms with Gasteiger partial charge in [0.2, 0.25) is 0 Å². The van der Waals surface area contributed by atoms with E-state index in [0.29, 0.717) is 16.6 Å². The van der Waals surface area contributed by atoms with Crippen molar-refractivity contribution in [1.82, 2.24) is 0 Å². The number of hydrogen-bond donors (Lipinski definition) is 1. The molecule has 1 unspecified atom stereocenters. The normalized spacial score (nSPS) is 12.2. The molecule has 1 N–H and O–H groups in total. The maximum Gasteiger partial charge on any atom is 0.331 e. The van der Waals surface area contributed by atoms with Crippen molar-refractivity contribution in [2.24, 2.45) is 0 Å². The van der Waals surface area contributed by atoms with Crippen molar-refractivity contribution < 1.29 is 14.3 Å². The largest absolute Gasteiger partial charge is 0.449 e. The second-order valence-electron chi connectivity index (χ2n) is 6.64. The first-order valence-corrected chi connectivity index (χ1v) is 9.20. The molecule has 0 aliphatic rings. The van der Waals surface area contributed by atoms with Gasteiger partial charge in [0.15, 0.2) is 6.10 Å². The van der Waals surface area contributed by atoms with Crippen LogP contribution < -0.4 is 5.32 Å². The molecule has 0 saturated heterocycles. The molecule has 0 heterocycles. The average Bonchev–Trinajstić information content (AvgIpc) is 2.64. The number of amides is 1. The minimum atomic E-state index is -0.927. The van der Waals surface area contributed by atoms with E-state index in [-0.39, 0.29) is 0 Å². The summed E-state index contributed by atoms with van der Waals surface area (Å²) in [7, 11) is 0. The van der Waals surface area contributed by atoms with E-state index in [1.807, 2.05) is 31.2 Å². The molecule has 0 spiro atoms. The van der Waals surface area contributed by atoms with Gasteiger partial charge < -0.3 is 10.1 Å². The third-order valence-electron chi connectivity index (χ3n) is 4.20. The molecule has 0 aliphatic carbocycles. The predicted octanol–water partition coefficient (Wildman–Crippen LogP) is 5.36. The summed E-state index contributed by atoms with van der Waals surface area (Å²) in [5, 5.41) is 3.28. The number of ether oxygens (including phenoxy) is 1. The summed E-state index contributed by atoms with van der Waals surface area (Å²) in [6.45, 7) is 7.58. The quantitative estimate of drug-likeness (QED) is 0.538. The van der Waals surface area contributed by atoms with E-state index in [1.54, 1.807) is 24.3 Å². The first-order chi connectivity index (χ1) is 12.8. The van der Waals surface area contributed by atoms with Crippen LogP contribution in [-0.4, -0.2) is 18.0 Å². The van der Waals surface area contributed by atoms with Crippen LogP contribution in [0.2, 0.25) is 5.02 Å². The fraction of sp³-hybridized carbons (Fsp3) is 0.273. The summed E-state index contributed by atoms with van der Waals surface area (Å²) in [6.07, 6.45) is 2.06. The molecule has 4 nitrogen and oxygen atoms in total. The second kappa shape index (κ2) is 9.38. The van der Waals surface area contributed by atoms with Crippen LogP contribution in [0.1, 0.15) is 43.4 Å². The molecule has 1 amide bonds. The second-order valence-corrected chi connectivity index (χ2v) is 7.04. The minimum absolute atomic E-state index is 0.414. The highest BCUT2D eigenvalue weighted by atomic mass is 35.5. The Morgan fingerprint density at radius 3 is 2.37 bits per heavy atom.